The number of carbonyl (C=O) groups is 2. The summed E-state index contributed by atoms with van der Waals surface area (Å²) in [4.78, 5) is 24.1. The third-order valence-corrected chi connectivity index (χ3v) is 4.65. The number of carboxylic acid groups (broad SMARTS) is 1. The van der Waals surface area contributed by atoms with Gasteiger partial charge < -0.3 is 10.4 Å². The zero-order valence-corrected chi connectivity index (χ0v) is 13.6. The average molecular weight is 301 g/mol. The van der Waals surface area contributed by atoms with Crippen LogP contribution in [0.3, 0.4) is 0 Å². The number of amides is 1. The quantitative estimate of drug-likeness (QED) is 0.837. The highest BCUT2D eigenvalue weighted by molar-refractivity contribution is 5.96. The summed E-state index contributed by atoms with van der Waals surface area (Å²) < 4.78 is 0. The van der Waals surface area contributed by atoms with Gasteiger partial charge in [-0.15, -0.1) is 0 Å². The maximum atomic E-state index is 12.6. The molecule has 4 nitrogen and oxygen atoms in total. The molecule has 0 saturated heterocycles. The van der Waals surface area contributed by atoms with E-state index in [-0.39, 0.29) is 5.91 Å². The molecule has 0 aliphatic heterocycles. The summed E-state index contributed by atoms with van der Waals surface area (Å²) in [7, 11) is 0. The van der Waals surface area contributed by atoms with Gasteiger partial charge in [0, 0.05) is 5.69 Å². The molecule has 1 aromatic carbocycles. The van der Waals surface area contributed by atoms with Crippen LogP contribution in [0.2, 0.25) is 0 Å². The van der Waals surface area contributed by atoms with Crippen LogP contribution in [-0.4, -0.2) is 17.0 Å². The van der Waals surface area contributed by atoms with Crippen LogP contribution in [0.5, 0.6) is 0 Å². The Labute approximate surface area is 131 Å². The van der Waals surface area contributed by atoms with Crippen molar-refractivity contribution in [2.75, 3.05) is 5.32 Å². The van der Waals surface area contributed by atoms with Crippen LogP contribution in [0, 0.1) is 25.7 Å². The number of aryl methyl sites for hydroxylation is 2. The Hall–Kier alpha value is -2.10. The molecule has 0 saturated carbocycles. The maximum absolute atomic E-state index is 12.6. The van der Waals surface area contributed by atoms with E-state index < -0.39 is 17.8 Å². The monoisotopic (exact) mass is 301 g/mol. The third-order valence-electron chi connectivity index (χ3n) is 4.65. The van der Waals surface area contributed by atoms with E-state index in [1.54, 1.807) is 0 Å². The molecule has 1 aliphatic rings. The Morgan fingerprint density at radius 2 is 1.50 bits per heavy atom. The van der Waals surface area contributed by atoms with Gasteiger partial charge in [0.15, 0.2) is 0 Å². The van der Waals surface area contributed by atoms with Crippen molar-refractivity contribution >= 4 is 17.6 Å². The molecule has 2 unspecified atom stereocenters. The molecule has 0 radical (unpaired) electrons. The SMILES string of the molecule is CC1=C(C)CC(C(=O)Nc2c(C)cccc2C)C(C(=O)O)C1. The van der Waals surface area contributed by atoms with Gasteiger partial charge in [0.05, 0.1) is 11.8 Å². The number of aliphatic carboxylic acids is 1. The minimum absolute atomic E-state index is 0.198. The van der Waals surface area contributed by atoms with Crippen molar-refractivity contribution in [1.82, 2.24) is 0 Å². The summed E-state index contributed by atoms with van der Waals surface area (Å²) in [5.41, 5.74) is 4.97. The zero-order valence-electron chi connectivity index (χ0n) is 13.6. The van der Waals surface area contributed by atoms with E-state index in [0.717, 1.165) is 28.0 Å². The molecular weight excluding hydrogens is 278 g/mol. The third kappa shape index (κ3) is 3.21. The van der Waals surface area contributed by atoms with Gasteiger partial charge in [0.25, 0.3) is 0 Å². The fraction of sp³-hybridized carbons (Fsp3) is 0.444. The van der Waals surface area contributed by atoms with Gasteiger partial charge in [-0.3, -0.25) is 9.59 Å². The molecule has 2 rings (SSSR count). The fourth-order valence-electron chi connectivity index (χ4n) is 3.06. The molecule has 22 heavy (non-hydrogen) atoms. The lowest BCUT2D eigenvalue weighted by molar-refractivity contribution is -0.146. The average Bonchev–Trinajstić information content (AvgIpc) is 2.45. The maximum Gasteiger partial charge on any atom is 0.307 e. The Kier molecular flexibility index (Phi) is 4.69. The predicted molar refractivity (Wildman–Crippen MR) is 86.8 cm³/mol. The Balaban J connectivity index is 2.26. The van der Waals surface area contributed by atoms with Crippen LogP contribution in [0.4, 0.5) is 5.69 Å². The largest absolute Gasteiger partial charge is 0.481 e. The van der Waals surface area contributed by atoms with Gasteiger partial charge >= 0.3 is 5.97 Å². The van der Waals surface area contributed by atoms with Crippen LogP contribution >= 0.6 is 0 Å². The lowest BCUT2D eigenvalue weighted by Crippen LogP contribution is -2.36. The van der Waals surface area contributed by atoms with E-state index in [1.807, 2.05) is 45.9 Å². The molecule has 4 heteroatoms. The van der Waals surface area contributed by atoms with Crippen molar-refractivity contribution in [3.8, 4) is 0 Å². The lowest BCUT2D eigenvalue weighted by Gasteiger charge is -2.29. The number of benzene rings is 1. The highest BCUT2D eigenvalue weighted by atomic mass is 16.4. The highest BCUT2D eigenvalue weighted by Gasteiger charge is 2.37. The van der Waals surface area contributed by atoms with E-state index >= 15 is 0 Å². The van der Waals surface area contributed by atoms with E-state index in [2.05, 4.69) is 5.32 Å². The summed E-state index contributed by atoms with van der Waals surface area (Å²) in [6.45, 7) is 7.80. The Morgan fingerprint density at radius 1 is 1.00 bits per heavy atom. The number of nitrogens with one attached hydrogen (secondary N) is 1. The van der Waals surface area contributed by atoms with Gasteiger partial charge in [-0.05, 0) is 51.7 Å². The number of carboxylic acids is 1. The van der Waals surface area contributed by atoms with Crippen molar-refractivity contribution in [3.05, 3.63) is 40.5 Å². The Morgan fingerprint density at radius 3 is 2.00 bits per heavy atom. The topological polar surface area (TPSA) is 66.4 Å². The molecule has 1 aliphatic carbocycles. The van der Waals surface area contributed by atoms with Gasteiger partial charge in [-0.2, -0.15) is 0 Å². The molecule has 2 atom stereocenters. The smallest absolute Gasteiger partial charge is 0.307 e. The van der Waals surface area contributed by atoms with E-state index in [4.69, 9.17) is 0 Å². The normalized spacial score (nSPS) is 21.6. The number of allylic oxidation sites excluding steroid dienone is 2. The molecular formula is C18H23NO3. The zero-order chi connectivity index (χ0) is 16.4. The molecule has 118 valence electrons. The minimum Gasteiger partial charge on any atom is -0.481 e. The standard InChI is InChI=1S/C18H23NO3/c1-10-6-5-7-11(2)16(10)19-17(20)14-8-12(3)13(4)9-15(14)18(21)22/h5-7,14-15H,8-9H2,1-4H3,(H,19,20)(H,21,22). The summed E-state index contributed by atoms with van der Waals surface area (Å²) in [6.07, 6.45) is 0.964. The number of para-hydroxylation sites is 1. The van der Waals surface area contributed by atoms with Gasteiger partial charge in [0.2, 0.25) is 5.91 Å². The summed E-state index contributed by atoms with van der Waals surface area (Å²) in [5.74, 6) is -2.25. The van der Waals surface area contributed by atoms with Crippen molar-refractivity contribution in [1.29, 1.82) is 0 Å². The van der Waals surface area contributed by atoms with Crippen molar-refractivity contribution < 1.29 is 14.7 Å². The van der Waals surface area contributed by atoms with Gasteiger partial charge in [-0.1, -0.05) is 29.3 Å². The fourth-order valence-corrected chi connectivity index (χ4v) is 3.06. The molecule has 0 aromatic heterocycles. The summed E-state index contributed by atoms with van der Waals surface area (Å²) in [6, 6.07) is 5.82. The number of hydrogen-bond acceptors (Lipinski definition) is 2. The molecule has 0 fully saturated rings. The van der Waals surface area contributed by atoms with E-state index in [9.17, 15) is 14.7 Å². The second-order valence-electron chi connectivity index (χ2n) is 6.28. The van der Waals surface area contributed by atoms with Crippen molar-refractivity contribution in [2.24, 2.45) is 11.8 Å². The first-order chi connectivity index (χ1) is 10.3. The highest BCUT2D eigenvalue weighted by Crippen LogP contribution is 2.35. The van der Waals surface area contributed by atoms with Gasteiger partial charge in [0.1, 0.15) is 0 Å². The number of rotatable bonds is 3. The van der Waals surface area contributed by atoms with Crippen LogP contribution in [0.15, 0.2) is 29.3 Å². The minimum atomic E-state index is -0.895. The Bertz CT molecular complexity index is 625. The molecule has 2 N–H and O–H groups in total. The first kappa shape index (κ1) is 16.3. The number of anilines is 1. The van der Waals surface area contributed by atoms with Crippen LogP contribution in [0.25, 0.3) is 0 Å². The van der Waals surface area contributed by atoms with Crippen molar-refractivity contribution in [2.45, 2.75) is 40.5 Å². The number of hydrogen-bond donors (Lipinski definition) is 2. The predicted octanol–water partition coefficient (Wildman–Crippen LogP) is 3.69. The van der Waals surface area contributed by atoms with Crippen molar-refractivity contribution in [3.63, 3.8) is 0 Å². The molecule has 0 bridgehead atoms. The van der Waals surface area contributed by atoms with Crippen LogP contribution in [0.1, 0.15) is 37.8 Å². The second kappa shape index (κ2) is 6.34. The molecule has 0 heterocycles. The number of carbonyl (C=O) groups excluding carboxylic acids is 1. The summed E-state index contributed by atoms with van der Waals surface area (Å²) >= 11 is 0. The van der Waals surface area contributed by atoms with E-state index in [1.165, 1.54) is 0 Å². The molecule has 1 amide bonds. The van der Waals surface area contributed by atoms with Crippen LogP contribution in [-0.2, 0) is 9.59 Å². The van der Waals surface area contributed by atoms with E-state index in [0.29, 0.717) is 12.8 Å². The molecule has 1 aromatic rings. The first-order valence-corrected chi connectivity index (χ1v) is 7.56. The van der Waals surface area contributed by atoms with Crippen LogP contribution < -0.4 is 5.32 Å². The summed E-state index contributed by atoms with van der Waals surface area (Å²) in [5, 5.41) is 12.4. The lowest BCUT2D eigenvalue weighted by atomic mass is 9.76. The van der Waals surface area contributed by atoms with Gasteiger partial charge in [-0.25, -0.2) is 0 Å². The second-order valence-corrected chi connectivity index (χ2v) is 6.28. The first-order valence-electron chi connectivity index (χ1n) is 7.56. The molecule has 0 spiro atoms.